The van der Waals surface area contributed by atoms with E-state index in [-0.39, 0.29) is 0 Å². The van der Waals surface area contributed by atoms with Crippen molar-refractivity contribution < 1.29 is 19.4 Å². The zero-order chi connectivity index (χ0) is 11.4. The van der Waals surface area contributed by atoms with Gasteiger partial charge in [0.2, 0.25) is 0 Å². The largest absolute Gasteiger partial charge is 0.495 e. The van der Waals surface area contributed by atoms with Gasteiger partial charge in [0.15, 0.2) is 6.10 Å². The summed E-state index contributed by atoms with van der Waals surface area (Å²) in [6.07, 6.45) is -1.32. The van der Waals surface area contributed by atoms with Crippen molar-refractivity contribution in [3.8, 4) is 5.75 Å². The van der Waals surface area contributed by atoms with E-state index in [1.165, 1.54) is 20.3 Å². The summed E-state index contributed by atoms with van der Waals surface area (Å²) in [5, 5.41) is 9.51. The number of carbonyl (C=O) groups is 1. The van der Waals surface area contributed by atoms with Gasteiger partial charge in [-0.1, -0.05) is 6.07 Å². The second kappa shape index (κ2) is 4.65. The van der Waals surface area contributed by atoms with Crippen molar-refractivity contribution in [3.63, 3.8) is 0 Å². The summed E-state index contributed by atoms with van der Waals surface area (Å²) in [7, 11) is 2.69. The molecule has 1 aromatic rings. The van der Waals surface area contributed by atoms with E-state index in [0.29, 0.717) is 17.0 Å². The van der Waals surface area contributed by atoms with Gasteiger partial charge in [-0.3, -0.25) is 0 Å². The lowest BCUT2D eigenvalue weighted by Crippen LogP contribution is -2.13. The van der Waals surface area contributed by atoms with E-state index in [2.05, 4.69) is 4.74 Å². The van der Waals surface area contributed by atoms with E-state index < -0.39 is 12.1 Å². The molecule has 0 aliphatic heterocycles. The minimum Gasteiger partial charge on any atom is -0.495 e. The highest BCUT2D eigenvalue weighted by Gasteiger charge is 2.18. The molecule has 1 atom stereocenters. The van der Waals surface area contributed by atoms with E-state index in [9.17, 15) is 9.90 Å². The monoisotopic (exact) mass is 211 g/mol. The van der Waals surface area contributed by atoms with Crippen LogP contribution < -0.4 is 10.5 Å². The molecule has 0 saturated carbocycles. The maximum absolute atomic E-state index is 11.0. The Kier molecular flexibility index (Phi) is 3.51. The highest BCUT2D eigenvalue weighted by molar-refractivity contribution is 5.76. The number of nitrogen functional groups attached to an aromatic ring is 1. The first kappa shape index (κ1) is 11.3. The van der Waals surface area contributed by atoms with Crippen LogP contribution in [0.1, 0.15) is 11.7 Å². The third kappa shape index (κ3) is 2.38. The number of carbonyl (C=O) groups excluding carboxylic acids is 1. The standard InChI is InChI=1S/C10H13NO4/c1-14-8-4-3-6(5-7(8)11)9(12)10(13)15-2/h3-5,9,12H,11H2,1-2H3. The molecule has 1 unspecified atom stereocenters. The molecule has 82 valence electrons. The molecule has 0 aromatic heterocycles. The lowest BCUT2D eigenvalue weighted by Gasteiger charge is -2.10. The SMILES string of the molecule is COC(=O)C(O)c1ccc(OC)c(N)c1. The van der Waals surface area contributed by atoms with E-state index in [1.807, 2.05) is 0 Å². The summed E-state index contributed by atoms with van der Waals surface area (Å²) in [5.41, 5.74) is 6.36. The summed E-state index contributed by atoms with van der Waals surface area (Å²) < 4.78 is 9.35. The first-order valence-corrected chi connectivity index (χ1v) is 4.29. The van der Waals surface area contributed by atoms with E-state index in [0.717, 1.165) is 0 Å². The average Bonchev–Trinajstić information content (AvgIpc) is 2.26. The minimum absolute atomic E-state index is 0.359. The second-order valence-corrected chi connectivity index (χ2v) is 2.93. The number of benzene rings is 1. The number of anilines is 1. The van der Waals surface area contributed by atoms with Gasteiger partial charge in [-0.25, -0.2) is 4.79 Å². The predicted octanol–water partition coefficient (Wildman–Crippen LogP) is 0.484. The van der Waals surface area contributed by atoms with Gasteiger partial charge >= 0.3 is 5.97 Å². The lowest BCUT2D eigenvalue weighted by molar-refractivity contribution is -0.150. The van der Waals surface area contributed by atoms with Gasteiger partial charge in [0.05, 0.1) is 19.9 Å². The maximum atomic E-state index is 11.0. The number of methoxy groups -OCH3 is 2. The van der Waals surface area contributed by atoms with Crippen LogP contribution in [-0.4, -0.2) is 25.3 Å². The number of aliphatic hydroxyl groups excluding tert-OH is 1. The van der Waals surface area contributed by atoms with E-state index >= 15 is 0 Å². The van der Waals surface area contributed by atoms with Crippen LogP contribution in [0.15, 0.2) is 18.2 Å². The van der Waals surface area contributed by atoms with Crippen LogP contribution >= 0.6 is 0 Å². The Hall–Kier alpha value is -1.75. The fourth-order valence-corrected chi connectivity index (χ4v) is 1.17. The van der Waals surface area contributed by atoms with Crippen LogP contribution in [0, 0.1) is 0 Å². The van der Waals surface area contributed by atoms with Crippen molar-refractivity contribution >= 4 is 11.7 Å². The summed E-state index contributed by atoms with van der Waals surface area (Å²) in [5.74, 6) is -0.226. The number of aliphatic hydroxyl groups is 1. The molecule has 0 fully saturated rings. The molecule has 0 saturated heterocycles. The van der Waals surface area contributed by atoms with Crippen LogP contribution in [0.3, 0.4) is 0 Å². The third-order valence-corrected chi connectivity index (χ3v) is 1.99. The molecule has 1 aromatic carbocycles. The zero-order valence-electron chi connectivity index (χ0n) is 8.56. The van der Waals surface area contributed by atoms with Gasteiger partial charge < -0.3 is 20.3 Å². The number of hydrogen-bond acceptors (Lipinski definition) is 5. The fraction of sp³-hybridized carbons (Fsp3) is 0.300. The van der Waals surface area contributed by atoms with Gasteiger partial charge in [0, 0.05) is 0 Å². The topological polar surface area (TPSA) is 81.8 Å². The molecular formula is C10H13NO4. The van der Waals surface area contributed by atoms with Crippen molar-refractivity contribution in [2.24, 2.45) is 0 Å². The molecule has 0 amide bonds. The first-order valence-electron chi connectivity index (χ1n) is 4.29. The Morgan fingerprint density at radius 1 is 1.47 bits per heavy atom. The zero-order valence-corrected chi connectivity index (χ0v) is 8.56. The molecule has 1 rings (SSSR count). The number of esters is 1. The first-order chi connectivity index (χ1) is 7.10. The fourth-order valence-electron chi connectivity index (χ4n) is 1.17. The summed E-state index contributed by atoms with van der Waals surface area (Å²) in [4.78, 5) is 11.0. The van der Waals surface area contributed by atoms with Crippen molar-refractivity contribution in [1.29, 1.82) is 0 Å². The molecule has 5 heteroatoms. The van der Waals surface area contributed by atoms with E-state index in [4.69, 9.17) is 10.5 Å². The normalized spacial score (nSPS) is 11.9. The summed E-state index contributed by atoms with van der Waals surface area (Å²) >= 11 is 0. The Morgan fingerprint density at radius 2 is 2.13 bits per heavy atom. The second-order valence-electron chi connectivity index (χ2n) is 2.93. The van der Waals surface area contributed by atoms with Gasteiger partial charge in [-0.05, 0) is 17.7 Å². The van der Waals surface area contributed by atoms with Crippen LogP contribution in [-0.2, 0) is 9.53 Å². The van der Waals surface area contributed by atoms with Crippen LogP contribution in [0.25, 0.3) is 0 Å². The molecule has 0 radical (unpaired) electrons. The molecule has 0 spiro atoms. The molecule has 3 N–H and O–H groups in total. The predicted molar refractivity (Wildman–Crippen MR) is 54.4 cm³/mol. The van der Waals surface area contributed by atoms with Gasteiger partial charge in [0.25, 0.3) is 0 Å². The smallest absolute Gasteiger partial charge is 0.339 e. The molecule has 5 nitrogen and oxygen atoms in total. The highest BCUT2D eigenvalue weighted by Crippen LogP contribution is 2.25. The molecule has 0 bridgehead atoms. The van der Waals surface area contributed by atoms with Gasteiger partial charge in [0.1, 0.15) is 5.75 Å². The molecule has 0 heterocycles. The Balaban J connectivity index is 2.97. The quantitative estimate of drug-likeness (QED) is 0.561. The number of nitrogens with two attached hydrogens (primary N) is 1. The van der Waals surface area contributed by atoms with Crippen molar-refractivity contribution in [3.05, 3.63) is 23.8 Å². The molecule has 0 aliphatic carbocycles. The maximum Gasteiger partial charge on any atom is 0.339 e. The molecular weight excluding hydrogens is 198 g/mol. The van der Waals surface area contributed by atoms with E-state index in [1.54, 1.807) is 12.1 Å². The van der Waals surface area contributed by atoms with Crippen LogP contribution in [0.5, 0.6) is 5.75 Å². The number of hydrogen-bond donors (Lipinski definition) is 2. The lowest BCUT2D eigenvalue weighted by atomic mass is 10.1. The Bertz CT molecular complexity index is 364. The van der Waals surface area contributed by atoms with Crippen molar-refractivity contribution in [1.82, 2.24) is 0 Å². The molecule has 15 heavy (non-hydrogen) atoms. The number of rotatable bonds is 3. The van der Waals surface area contributed by atoms with Crippen LogP contribution in [0.4, 0.5) is 5.69 Å². The minimum atomic E-state index is -1.32. The third-order valence-electron chi connectivity index (χ3n) is 1.99. The van der Waals surface area contributed by atoms with Gasteiger partial charge in [-0.2, -0.15) is 0 Å². The van der Waals surface area contributed by atoms with Gasteiger partial charge in [-0.15, -0.1) is 0 Å². The Morgan fingerprint density at radius 3 is 2.60 bits per heavy atom. The summed E-state index contributed by atoms with van der Waals surface area (Å²) in [6, 6.07) is 4.61. The summed E-state index contributed by atoms with van der Waals surface area (Å²) in [6.45, 7) is 0. The van der Waals surface area contributed by atoms with Crippen molar-refractivity contribution in [2.75, 3.05) is 20.0 Å². The highest BCUT2D eigenvalue weighted by atomic mass is 16.5. The molecule has 0 aliphatic rings. The Labute approximate surface area is 87.4 Å². The van der Waals surface area contributed by atoms with Crippen LogP contribution in [0.2, 0.25) is 0 Å². The number of ether oxygens (including phenoxy) is 2. The average molecular weight is 211 g/mol. The van der Waals surface area contributed by atoms with Crippen molar-refractivity contribution in [2.45, 2.75) is 6.10 Å².